The molecule has 6 heterocycles. The molecule has 0 radical (unpaired) electrons. The normalized spacial score (nSPS) is 14.6. The molecule has 0 amide bonds. The first-order valence-electron chi connectivity index (χ1n) is 32.7. The molecule has 0 aliphatic carbocycles. The molecular formula is C78H83N9O5. The number of ketones is 5. The number of rotatable bonds is 18. The van der Waals surface area contributed by atoms with E-state index in [0.29, 0.717) is 49.5 Å². The van der Waals surface area contributed by atoms with E-state index in [-0.39, 0.29) is 28.9 Å². The third kappa shape index (κ3) is 15.0. The number of fused-ring (bicyclic) bond motifs is 3. The number of Topliss-reactive ketones (excluding diaryl/α,β-unsaturated/α-hetero) is 5. The van der Waals surface area contributed by atoms with Gasteiger partial charge in [0, 0.05) is 79.8 Å². The summed E-state index contributed by atoms with van der Waals surface area (Å²) < 4.78 is 6.35. The molecule has 3 fully saturated rings. The molecule has 92 heavy (non-hydrogen) atoms. The third-order valence-electron chi connectivity index (χ3n) is 18.2. The molecule has 9 aromatic rings. The number of benzene rings is 6. The topological polar surface area (TPSA) is 123 Å². The summed E-state index contributed by atoms with van der Waals surface area (Å²) in [6.07, 6.45) is 13.6. The fraction of sp³-hybridized carbons (Fsp3) is 0.359. The molecule has 3 aliphatic rings. The Bertz CT molecular complexity index is 4140. The van der Waals surface area contributed by atoms with Crippen molar-refractivity contribution >= 4 is 78.7 Å². The number of aryl methyl sites for hydroxylation is 1. The summed E-state index contributed by atoms with van der Waals surface area (Å²) >= 11 is 0. The first-order valence-corrected chi connectivity index (χ1v) is 32.7. The molecule has 0 bridgehead atoms. The van der Waals surface area contributed by atoms with E-state index in [1.54, 1.807) is 38.1 Å². The fourth-order valence-electron chi connectivity index (χ4n) is 13.9. The van der Waals surface area contributed by atoms with Gasteiger partial charge in [-0.15, -0.1) is 0 Å². The van der Waals surface area contributed by atoms with Crippen LogP contribution in [0.2, 0.25) is 0 Å². The number of hydrogen-bond acceptors (Lipinski definition) is 8. The van der Waals surface area contributed by atoms with Crippen molar-refractivity contribution in [3.05, 3.63) is 212 Å². The standard InChI is InChI=1S/2C26H27N3O2.C26H29N3O/c2*1-18(30)15-20-7-12-23-24(16-20)29(22-10-8-21(27-3)9-11-22)19(2)26(23)25(31)17-28-13-5-4-6-14-28;1-4-8-20-9-14-23-24(17-20)29(22-12-10-21(27-3)11-13-22)19(2)26(23)25(30)18-28-15-6-5-7-16-28/h2*7-12,16H,4-6,13-15,17H2,1-2H3;9-14,17H,4-8,15-16,18H2,1-2H3. The van der Waals surface area contributed by atoms with E-state index in [4.69, 9.17) is 19.7 Å². The number of hydrogen-bond donors (Lipinski definition) is 0. The zero-order chi connectivity index (χ0) is 65.0. The van der Waals surface area contributed by atoms with Crippen LogP contribution in [-0.2, 0) is 28.9 Å². The minimum atomic E-state index is 0.108. The van der Waals surface area contributed by atoms with Crippen molar-refractivity contribution in [1.82, 2.24) is 28.4 Å². The Labute approximate surface area is 541 Å². The molecule has 0 N–H and O–H groups in total. The van der Waals surface area contributed by atoms with Crippen LogP contribution in [0.5, 0.6) is 0 Å². The number of nitrogens with zero attached hydrogens (tertiary/aromatic N) is 9. The van der Waals surface area contributed by atoms with E-state index in [2.05, 4.69) is 68.1 Å². The summed E-state index contributed by atoms with van der Waals surface area (Å²) in [6, 6.07) is 40.9. The Morgan fingerprint density at radius 2 is 0.652 bits per heavy atom. The lowest BCUT2D eigenvalue weighted by atomic mass is 10.0. The molecule has 12 rings (SSSR count). The Morgan fingerprint density at radius 1 is 0.380 bits per heavy atom. The van der Waals surface area contributed by atoms with Crippen molar-refractivity contribution in [3.63, 3.8) is 0 Å². The molecule has 0 unspecified atom stereocenters. The van der Waals surface area contributed by atoms with Crippen LogP contribution >= 0.6 is 0 Å². The predicted octanol–water partition coefficient (Wildman–Crippen LogP) is 16.7. The van der Waals surface area contributed by atoms with Gasteiger partial charge in [-0.2, -0.15) is 0 Å². The van der Waals surface area contributed by atoms with Gasteiger partial charge in [0.1, 0.15) is 11.6 Å². The van der Waals surface area contributed by atoms with Gasteiger partial charge in [0.05, 0.1) is 55.9 Å². The zero-order valence-electron chi connectivity index (χ0n) is 54.2. The SMILES string of the molecule is [C-]#[N+]c1ccc(-n2c(C)c(C(=O)CN3CCCCC3)c3ccc(CC(C)=O)cc32)cc1.[C-]#[N+]c1ccc(-n2c(C)c(C(=O)CN3CCCCC3)c3ccc(CC(C)=O)cc32)cc1.[C-]#[N+]c1ccc(-n2c(C)c(C(=O)CN3CCCCC3)c3ccc(CCC)cc32)cc1. The van der Waals surface area contributed by atoms with Crippen LogP contribution in [0.4, 0.5) is 17.1 Å². The fourth-order valence-corrected chi connectivity index (χ4v) is 13.9. The zero-order valence-corrected chi connectivity index (χ0v) is 54.2. The number of carbonyl (C=O) groups is 5. The molecule has 3 aliphatic heterocycles. The maximum Gasteiger partial charge on any atom is 0.187 e. The second kappa shape index (κ2) is 30.2. The lowest BCUT2D eigenvalue weighted by molar-refractivity contribution is -0.117. The van der Waals surface area contributed by atoms with Gasteiger partial charge in [-0.25, -0.2) is 14.5 Å². The second-order valence-corrected chi connectivity index (χ2v) is 25.1. The predicted molar refractivity (Wildman–Crippen MR) is 369 cm³/mol. The van der Waals surface area contributed by atoms with Gasteiger partial charge in [-0.05, 0) is 190 Å². The monoisotopic (exact) mass is 1230 g/mol. The number of aromatic nitrogens is 3. The molecular weight excluding hydrogens is 1140 g/mol. The highest BCUT2D eigenvalue weighted by Crippen LogP contribution is 2.36. The van der Waals surface area contributed by atoms with E-state index in [9.17, 15) is 24.0 Å². The highest BCUT2D eigenvalue weighted by Gasteiger charge is 2.28. The average Bonchev–Trinajstić information content (AvgIpc) is 1.63. The summed E-state index contributed by atoms with van der Waals surface area (Å²) in [7, 11) is 0. The lowest BCUT2D eigenvalue weighted by Gasteiger charge is -2.25. The maximum atomic E-state index is 13.4. The quantitative estimate of drug-likeness (QED) is 0.0615. The molecule has 0 atom stereocenters. The van der Waals surface area contributed by atoms with Crippen molar-refractivity contribution in [2.24, 2.45) is 0 Å². The summed E-state index contributed by atoms with van der Waals surface area (Å²) in [5.41, 5.74) is 15.8. The van der Waals surface area contributed by atoms with Crippen LogP contribution in [0.25, 0.3) is 64.3 Å². The van der Waals surface area contributed by atoms with E-state index >= 15 is 0 Å². The van der Waals surface area contributed by atoms with Crippen molar-refractivity contribution in [1.29, 1.82) is 0 Å². The van der Waals surface area contributed by atoms with Gasteiger partial charge in [-0.1, -0.05) is 105 Å². The van der Waals surface area contributed by atoms with Crippen molar-refractivity contribution < 1.29 is 24.0 Å². The molecule has 14 nitrogen and oxygen atoms in total. The van der Waals surface area contributed by atoms with Crippen LogP contribution in [0.15, 0.2) is 127 Å². The third-order valence-corrected chi connectivity index (χ3v) is 18.2. The van der Waals surface area contributed by atoms with E-state index in [0.717, 1.165) is 172 Å². The Morgan fingerprint density at radius 3 is 0.913 bits per heavy atom. The van der Waals surface area contributed by atoms with E-state index < -0.39 is 0 Å². The van der Waals surface area contributed by atoms with Gasteiger partial charge in [-0.3, -0.25) is 38.7 Å². The first-order chi connectivity index (χ1) is 44.6. The molecule has 3 saturated heterocycles. The average molecular weight is 1230 g/mol. The van der Waals surface area contributed by atoms with Crippen LogP contribution < -0.4 is 0 Å². The van der Waals surface area contributed by atoms with Crippen LogP contribution in [0, 0.1) is 40.5 Å². The maximum absolute atomic E-state index is 13.4. The molecule has 3 aromatic heterocycles. The van der Waals surface area contributed by atoms with Gasteiger partial charge in [0.15, 0.2) is 34.4 Å². The van der Waals surface area contributed by atoms with E-state index in [1.807, 2.05) is 106 Å². The Balaban J connectivity index is 0.000000151. The highest BCUT2D eigenvalue weighted by atomic mass is 16.1. The largest absolute Gasteiger partial charge is 0.313 e. The van der Waals surface area contributed by atoms with Crippen molar-refractivity contribution in [2.75, 3.05) is 58.9 Å². The highest BCUT2D eigenvalue weighted by molar-refractivity contribution is 6.13. The first kappa shape index (κ1) is 65.6. The van der Waals surface area contributed by atoms with Crippen molar-refractivity contribution in [2.45, 2.75) is 125 Å². The summed E-state index contributed by atoms with van der Waals surface area (Å²) in [5, 5.41) is 2.87. The minimum Gasteiger partial charge on any atom is -0.313 e. The molecule has 14 heteroatoms. The molecule has 0 saturated carbocycles. The van der Waals surface area contributed by atoms with Gasteiger partial charge in [0.2, 0.25) is 0 Å². The van der Waals surface area contributed by atoms with Crippen LogP contribution in [0.1, 0.15) is 150 Å². The Hall–Kier alpha value is -9.36. The van der Waals surface area contributed by atoms with Gasteiger partial charge in [0.25, 0.3) is 0 Å². The van der Waals surface area contributed by atoms with Crippen molar-refractivity contribution in [3.8, 4) is 17.1 Å². The second-order valence-electron chi connectivity index (χ2n) is 25.1. The number of carbonyl (C=O) groups excluding carboxylic acids is 5. The molecule has 470 valence electrons. The smallest absolute Gasteiger partial charge is 0.187 e. The molecule has 6 aromatic carbocycles. The van der Waals surface area contributed by atoms with E-state index in [1.165, 1.54) is 37.7 Å². The van der Waals surface area contributed by atoms with Gasteiger partial charge >= 0.3 is 0 Å². The summed E-state index contributed by atoms with van der Waals surface area (Å²) in [4.78, 5) is 80.9. The lowest BCUT2D eigenvalue weighted by Crippen LogP contribution is -2.34. The summed E-state index contributed by atoms with van der Waals surface area (Å²) in [5.74, 6) is 0.702. The summed E-state index contributed by atoms with van der Waals surface area (Å²) in [6.45, 7) is 40.3. The van der Waals surface area contributed by atoms with Gasteiger partial charge < -0.3 is 13.7 Å². The minimum absolute atomic E-state index is 0.108. The van der Waals surface area contributed by atoms with Crippen LogP contribution in [-0.4, -0.2) is 116 Å². The number of piperidine rings is 3. The molecule has 0 spiro atoms. The van der Waals surface area contributed by atoms with Crippen LogP contribution in [0.3, 0.4) is 0 Å². The Kier molecular flexibility index (Phi) is 21.5. The number of likely N-dealkylation sites (tertiary alicyclic amines) is 3.